The van der Waals surface area contributed by atoms with Crippen molar-refractivity contribution in [2.45, 2.75) is 13.8 Å². The predicted molar refractivity (Wildman–Crippen MR) is 105 cm³/mol. The SMILES string of the molecule is Cc1cc(C)cc(-c2ccc3ccc4cccc5ccc2c3c45)c1. The van der Waals surface area contributed by atoms with E-state index in [0.29, 0.717) is 0 Å². The minimum atomic E-state index is 1.31. The summed E-state index contributed by atoms with van der Waals surface area (Å²) in [5, 5.41) is 8.09. The van der Waals surface area contributed by atoms with Crippen molar-refractivity contribution in [3.05, 3.63) is 83.9 Å². The standard InChI is InChI=1S/C24H18/c1-15-12-16(2)14-20(13-15)21-10-8-19-7-6-17-4-3-5-18-9-11-22(21)24(19)23(17)18/h3-14H,1-2H3. The van der Waals surface area contributed by atoms with Crippen LogP contribution in [0.2, 0.25) is 0 Å². The topological polar surface area (TPSA) is 0 Å². The van der Waals surface area contributed by atoms with Crippen LogP contribution in [0.4, 0.5) is 0 Å². The number of hydrogen-bond acceptors (Lipinski definition) is 0. The second-order valence-corrected chi connectivity index (χ2v) is 6.85. The van der Waals surface area contributed by atoms with E-state index in [4.69, 9.17) is 0 Å². The normalized spacial score (nSPS) is 11.8. The Bertz CT molecular complexity index is 1180. The van der Waals surface area contributed by atoms with E-state index in [0.717, 1.165) is 0 Å². The van der Waals surface area contributed by atoms with Gasteiger partial charge in [0.05, 0.1) is 0 Å². The van der Waals surface area contributed by atoms with Gasteiger partial charge in [-0.2, -0.15) is 0 Å². The molecule has 0 unspecified atom stereocenters. The van der Waals surface area contributed by atoms with Gasteiger partial charge in [0, 0.05) is 0 Å². The molecule has 0 heteroatoms. The first-order chi connectivity index (χ1) is 11.7. The highest BCUT2D eigenvalue weighted by Crippen LogP contribution is 2.39. The molecule has 0 amide bonds. The first kappa shape index (κ1) is 13.6. The van der Waals surface area contributed by atoms with Gasteiger partial charge in [-0.1, -0.05) is 83.9 Å². The summed E-state index contributed by atoms with van der Waals surface area (Å²) in [6, 6.07) is 27.0. The maximum Gasteiger partial charge on any atom is -0.00206 e. The highest BCUT2D eigenvalue weighted by molar-refractivity contribution is 6.25. The predicted octanol–water partition coefficient (Wildman–Crippen LogP) is 6.87. The van der Waals surface area contributed by atoms with Gasteiger partial charge >= 0.3 is 0 Å². The zero-order chi connectivity index (χ0) is 16.3. The fourth-order valence-electron chi connectivity index (χ4n) is 4.12. The monoisotopic (exact) mass is 306 g/mol. The maximum atomic E-state index is 2.29. The van der Waals surface area contributed by atoms with Crippen LogP contribution in [0, 0.1) is 13.8 Å². The molecule has 0 bridgehead atoms. The molecule has 0 saturated carbocycles. The van der Waals surface area contributed by atoms with Crippen LogP contribution in [0.15, 0.2) is 72.8 Å². The van der Waals surface area contributed by atoms with Crippen molar-refractivity contribution in [2.24, 2.45) is 0 Å². The molecule has 0 atom stereocenters. The summed E-state index contributed by atoms with van der Waals surface area (Å²) in [6.07, 6.45) is 0. The Hall–Kier alpha value is -2.86. The molecule has 5 aromatic carbocycles. The van der Waals surface area contributed by atoms with E-state index in [1.807, 2.05) is 0 Å². The lowest BCUT2D eigenvalue weighted by atomic mass is 9.89. The minimum absolute atomic E-state index is 1.31. The van der Waals surface area contributed by atoms with Crippen molar-refractivity contribution < 1.29 is 0 Å². The summed E-state index contributed by atoms with van der Waals surface area (Å²) in [6.45, 7) is 4.35. The zero-order valence-electron chi connectivity index (χ0n) is 13.9. The van der Waals surface area contributed by atoms with Gasteiger partial charge in [0.25, 0.3) is 0 Å². The van der Waals surface area contributed by atoms with Gasteiger partial charge in [-0.05, 0) is 57.3 Å². The van der Waals surface area contributed by atoms with E-state index >= 15 is 0 Å². The third-order valence-electron chi connectivity index (χ3n) is 5.06. The van der Waals surface area contributed by atoms with Gasteiger partial charge in [-0.15, -0.1) is 0 Å². The molecular weight excluding hydrogens is 288 g/mol. The lowest BCUT2D eigenvalue weighted by molar-refractivity contribution is 1.39. The summed E-state index contributed by atoms with van der Waals surface area (Å²) in [5.74, 6) is 0. The molecule has 0 fully saturated rings. The third-order valence-corrected chi connectivity index (χ3v) is 5.06. The lowest BCUT2D eigenvalue weighted by Gasteiger charge is -2.14. The summed E-state index contributed by atoms with van der Waals surface area (Å²) >= 11 is 0. The van der Waals surface area contributed by atoms with E-state index < -0.39 is 0 Å². The molecule has 0 nitrogen and oxygen atoms in total. The van der Waals surface area contributed by atoms with Crippen LogP contribution < -0.4 is 0 Å². The Balaban J connectivity index is 1.97. The second kappa shape index (κ2) is 4.82. The summed E-state index contributed by atoms with van der Waals surface area (Å²) < 4.78 is 0. The molecule has 5 aromatic rings. The second-order valence-electron chi connectivity index (χ2n) is 6.85. The van der Waals surface area contributed by atoms with Gasteiger partial charge in [0.1, 0.15) is 0 Å². The van der Waals surface area contributed by atoms with Crippen LogP contribution in [0.3, 0.4) is 0 Å². The largest absolute Gasteiger partial charge is 0.0610 e. The smallest absolute Gasteiger partial charge is 0.00206 e. The quantitative estimate of drug-likeness (QED) is 0.296. The number of benzene rings is 5. The van der Waals surface area contributed by atoms with Crippen molar-refractivity contribution in [2.75, 3.05) is 0 Å². The van der Waals surface area contributed by atoms with Crippen LogP contribution in [0.1, 0.15) is 11.1 Å². The third kappa shape index (κ3) is 1.86. The van der Waals surface area contributed by atoms with Gasteiger partial charge in [0.2, 0.25) is 0 Å². The summed E-state index contributed by atoms with van der Waals surface area (Å²) in [4.78, 5) is 0. The fraction of sp³-hybridized carbons (Fsp3) is 0.0833. The highest BCUT2D eigenvalue weighted by atomic mass is 14.1. The zero-order valence-corrected chi connectivity index (χ0v) is 13.9. The number of aryl methyl sites for hydroxylation is 2. The molecule has 0 heterocycles. The van der Waals surface area contributed by atoms with E-state index in [1.54, 1.807) is 0 Å². The first-order valence-electron chi connectivity index (χ1n) is 8.46. The molecule has 114 valence electrons. The molecule has 5 rings (SSSR count). The van der Waals surface area contributed by atoms with Crippen LogP contribution in [0.25, 0.3) is 43.4 Å². The van der Waals surface area contributed by atoms with E-state index in [-0.39, 0.29) is 0 Å². The lowest BCUT2D eigenvalue weighted by Crippen LogP contribution is -1.88. The molecule has 0 saturated heterocycles. The molecule has 24 heavy (non-hydrogen) atoms. The molecule has 0 aromatic heterocycles. The summed E-state index contributed by atoms with van der Waals surface area (Å²) in [7, 11) is 0. The number of hydrogen-bond donors (Lipinski definition) is 0. The first-order valence-corrected chi connectivity index (χ1v) is 8.46. The Morgan fingerprint density at radius 3 is 1.83 bits per heavy atom. The van der Waals surface area contributed by atoms with Gasteiger partial charge in [-0.3, -0.25) is 0 Å². The summed E-state index contributed by atoms with van der Waals surface area (Å²) in [5.41, 5.74) is 5.27. The Labute approximate surface area is 141 Å². The van der Waals surface area contributed by atoms with Crippen molar-refractivity contribution in [1.29, 1.82) is 0 Å². The molecule has 0 spiro atoms. The Morgan fingerprint density at radius 2 is 1.12 bits per heavy atom. The molecule has 0 N–H and O–H groups in total. The Morgan fingerprint density at radius 1 is 0.542 bits per heavy atom. The van der Waals surface area contributed by atoms with Crippen LogP contribution >= 0.6 is 0 Å². The van der Waals surface area contributed by atoms with Crippen molar-refractivity contribution in [3.8, 4) is 11.1 Å². The van der Waals surface area contributed by atoms with Crippen molar-refractivity contribution >= 4 is 32.3 Å². The molecular formula is C24H18. The Kier molecular flexibility index (Phi) is 2.72. The average molecular weight is 306 g/mol. The van der Waals surface area contributed by atoms with E-state index in [1.165, 1.54) is 54.6 Å². The van der Waals surface area contributed by atoms with Gasteiger partial charge in [-0.25, -0.2) is 0 Å². The van der Waals surface area contributed by atoms with E-state index in [9.17, 15) is 0 Å². The van der Waals surface area contributed by atoms with Crippen LogP contribution in [0.5, 0.6) is 0 Å². The highest BCUT2D eigenvalue weighted by Gasteiger charge is 2.12. The average Bonchev–Trinajstić information content (AvgIpc) is 2.58. The fourth-order valence-corrected chi connectivity index (χ4v) is 4.12. The van der Waals surface area contributed by atoms with E-state index in [2.05, 4.69) is 86.6 Å². The van der Waals surface area contributed by atoms with Gasteiger partial charge in [0.15, 0.2) is 0 Å². The maximum absolute atomic E-state index is 2.29. The van der Waals surface area contributed by atoms with Crippen LogP contribution in [-0.2, 0) is 0 Å². The van der Waals surface area contributed by atoms with Crippen molar-refractivity contribution in [1.82, 2.24) is 0 Å². The van der Waals surface area contributed by atoms with Crippen molar-refractivity contribution in [3.63, 3.8) is 0 Å². The minimum Gasteiger partial charge on any atom is -0.0610 e. The number of rotatable bonds is 1. The molecule has 0 aliphatic heterocycles. The molecule has 0 aliphatic carbocycles. The molecule has 0 radical (unpaired) electrons. The molecule has 0 aliphatic rings. The van der Waals surface area contributed by atoms with Crippen LogP contribution in [-0.4, -0.2) is 0 Å². The van der Waals surface area contributed by atoms with Gasteiger partial charge < -0.3 is 0 Å².